The van der Waals surface area contributed by atoms with Gasteiger partial charge >= 0.3 is 0 Å². The van der Waals surface area contributed by atoms with Gasteiger partial charge in [0.05, 0.1) is 11.2 Å². The summed E-state index contributed by atoms with van der Waals surface area (Å²) < 4.78 is 54.0. The zero-order valence-corrected chi connectivity index (χ0v) is 16.7. The number of anilines is 1. The number of rotatable bonds is 3. The van der Waals surface area contributed by atoms with Crippen molar-refractivity contribution in [2.24, 2.45) is 0 Å². The van der Waals surface area contributed by atoms with Gasteiger partial charge in [0.15, 0.2) is 11.6 Å². The van der Waals surface area contributed by atoms with Crippen LogP contribution in [0.3, 0.4) is 0 Å². The molecule has 1 aliphatic carbocycles. The average molecular weight is 418 g/mol. The lowest BCUT2D eigenvalue weighted by Crippen LogP contribution is -2.24. The molecular formula is C23H22F4N2O. The Morgan fingerprint density at radius 2 is 1.63 bits per heavy atom. The van der Waals surface area contributed by atoms with Gasteiger partial charge in [-0.1, -0.05) is 0 Å². The molecule has 0 unspecified atom stereocenters. The van der Waals surface area contributed by atoms with Crippen LogP contribution in [0.1, 0.15) is 58.6 Å². The van der Waals surface area contributed by atoms with Gasteiger partial charge < -0.3 is 10.3 Å². The van der Waals surface area contributed by atoms with E-state index >= 15 is 0 Å². The molecule has 1 heterocycles. The summed E-state index contributed by atoms with van der Waals surface area (Å²) in [7, 11) is 0. The molecule has 0 spiro atoms. The predicted octanol–water partition coefficient (Wildman–Crippen LogP) is 6.61. The standard InChI is InChI=1S/C23H22F4N2O/c1-12-7-15(8-13(2)21(12)14-3-5-23(26,27)6-4-14)22(30)29-20-11-28-19-10-18(25)17(24)9-16(19)20/h7-11,14,28H,3-6H2,1-2H3,(H,29,30). The monoisotopic (exact) mass is 418 g/mol. The van der Waals surface area contributed by atoms with Crippen LogP contribution in [0.25, 0.3) is 10.9 Å². The Kier molecular flexibility index (Phi) is 5.08. The summed E-state index contributed by atoms with van der Waals surface area (Å²) in [6.45, 7) is 3.77. The highest BCUT2D eigenvalue weighted by Crippen LogP contribution is 2.42. The van der Waals surface area contributed by atoms with E-state index in [2.05, 4.69) is 10.3 Å². The SMILES string of the molecule is Cc1cc(C(=O)Nc2c[nH]c3cc(F)c(F)cc23)cc(C)c1C1CCC(F)(F)CC1. The number of aryl methyl sites for hydroxylation is 2. The Bertz CT molecular complexity index is 1100. The van der Waals surface area contributed by atoms with Gasteiger partial charge in [0.1, 0.15) is 0 Å². The summed E-state index contributed by atoms with van der Waals surface area (Å²) in [6, 6.07) is 5.57. The number of aromatic nitrogens is 1. The molecule has 1 aromatic heterocycles. The molecule has 3 aromatic rings. The molecule has 0 bridgehead atoms. The first-order valence-corrected chi connectivity index (χ1v) is 9.91. The second kappa shape index (κ2) is 7.45. The van der Waals surface area contributed by atoms with Crippen molar-refractivity contribution in [3.8, 4) is 0 Å². The third-order valence-electron chi connectivity index (χ3n) is 5.95. The normalized spacial score (nSPS) is 16.7. The maximum absolute atomic E-state index is 13.6. The molecule has 1 aliphatic rings. The van der Waals surface area contributed by atoms with E-state index in [0.29, 0.717) is 35.0 Å². The molecule has 3 nitrogen and oxygen atoms in total. The average Bonchev–Trinajstić information content (AvgIpc) is 3.04. The molecule has 1 amide bonds. The van der Waals surface area contributed by atoms with Crippen LogP contribution < -0.4 is 5.32 Å². The van der Waals surface area contributed by atoms with E-state index in [4.69, 9.17) is 0 Å². The number of nitrogens with one attached hydrogen (secondary N) is 2. The van der Waals surface area contributed by atoms with Crippen LogP contribution in [-0.4, -0.2) is 16.8 Å². The minimum Gasteiger partial charge on any atom is -0.359 e. The maximum atomic E-state index is 13.6. The fourth-order valence-electron chi connectivity index (χ4n) is 4.49. The molecule has 0 radical (unpaired) electrons. The van der Waals surface area contributed by atoms with Gasteiger partial charge in [-0.25, -0.2) is 17.6 Å². The first kappa shape index (κ1) is 20.4. The van der Waals surface area contributed by atoms with E-state index in [9.17, 15) is 22.4 Å². The number of fused-ring (bicyclic) bond motifs is 1. The quantitative estimate of drug-likeness (QED) is 0.462. The minimum absolute atomic E-state index is 0.0632. The number of hydrogen-bond donors (Lipinski definition) is 2. The van der Waals surface area contributed by atoms with Gasteiger partial charge in [-0.05, 0) is 67.5 Å². The van der Waals surface area contributed by atoms with Crippen molar-refractivity contribution in [3.05, 3.63) is 64.4 Å². The van der Waals surface area contributed by atoms with Gasteiger partial charge in [-0.3, -0.25) is 4.79 Å². The van der Waals surface area contributed by atoms with E-state index in [0.717, 1.165) is 28.8 Å². The van der Waals surface area contributed by atoms with Gasteiger partial charge in [0, 0.05) is 36.1 Å². The molecule has 1 saturated carbocycles. The lowest BCUT2D eigenvalue weighted by molar-refractivity contribution is -0.0383. The minimum atomic E-state index is -2.58. The van der Waals surface area contributed by atoms with E-state index in [1.165, 1.54) is 6.20 Å². The Morgan fingerprint density at radius 3 is 2.27 bits per heavy atom. The zero-order valence-electron chi connectivity index (χ0n) is 16.7. The van der Waals surface area contributed by atoms with E-state index in [-0.39, 0.29) is 24.7 Å². The molecule has 1 fully saturated rings. The Hall–Kier alpha value is -2.83. The highest BCUT2D eigenvalue weighted by atomic mass is 19.3. The Labute approximate surface area is 171 Å². The van der Waals surface area contributed by atoms with Crippen LogP contribution in [0, 0.1) is 25.5 Å². The van der Waals surface area contributed by atoms with Crippen LogP contribution in [0.4, 0.5) is 23.2 Å². The highest BCUT2D eigenvalue weighted by molar-refractivity contribution is 6.09. The third-order valence-corrected chi connectivity index (χ3v) is 5.95. The van der Waals surface area contributed by atoms with Crippen LogP contribution in [0.15, 0.2) is 30.5 Å². The number of alkyl halides is 2. The number of hydrogen-bond acceptors (Lipinski definition) is 1. The van der Waals surface area contributed by atoms with Crippen molar-refractivity contribution < 1.29 is 22.4 Å². The second-order valence-corrected chi connectivity index (χ2v) is 8.12. The number of aromatic amines is 1. The van der Waals surface area contributed by atoms with Crippen molar-refractivity contribution in [1.82, 2.24) is 4.98 Å². The summed E-state index contributed by atoms with van der Waals surface area (Å²) in [5, 5.41) is 3.10. The number of amides is 1. The first-order chi connectivity index (χ1) is 14.1. The van der Waals surface area contributed by atoms with Gasteiger partial charge in [-0.15, -0.1) is 0 Å². The maximum Gasteiger partial charge on any atom is 0.255 e. The number of halogens is 4. The van der Waals surface area contributed by atoms with Crippen molar-refractivity contribution >= 4 is 22.5 Å². The molecule has 0 saturated heterocycles. The third kappa shape index (κ3) is 3.80. The molecule has 2 aromatic carbocycles. The lowest BCUT2D eigenvalue weighted by Gasteiger charge is -2.30. The second-order valence-electron chi connectivity index (χ2n) is 8.12. The summed E-state index contributed by atoms with van der Waals surface area (Å²) in [5.74, 6) is -4.86. The fraction of sp³-hybridized carbons (Fsp3) is 0.348. The van der Waals surface area contributed by atoms with E-state index in [1.807, 2.05) is 13.8 Å². The van der Waals surface area contributed by atoms with Gasteiger partial charge in [0.25, 0.3) is 5.91 Å². The van der Waals surface area contributed by atoms with Crippen LogP contribution in [0.2, 0.25) is 0 Å². The van der Waals surface area contributed by atoms with Gasteiger partial charge in [-0.2, -0.15) is 0 Å². The Balaban J connectivity index is 1.58. The van der Waals surface area contributed by atoms with Crippen LogP contribution in [-0.2, 0) is 0 Å². The van der Waals surface area contributed by atoms with Crippen molar-refractivity contribution in [2.75, 3.05) is 5.32 Å². The van der Waals surface area contributed by atoms with E-state index in [1.54, 1.807) is 12.1 Å². The molecule has 2 N–H and O–H groups in total. The topological polar surface area (TPSA) is 44.9 Å². The Morgan fingerprint density at radius 1 is 1.03 bits per heavy atom. The zero-order chi connectivity index (χ0) is 21.6. The van der Waals surface area contributed by atoms with Crippen LogP contribution >= 0.6 is 0 Å². The highest BCUT2D eigenvalue weighted by Gasteiger charge is 2.36. The number of H-pyrrole nitrogens is 1. The predicted molar refractivity (Wildman–Crippen MR) is 108 cm³/mol. The molecule has 4 rings (SSSR count). The molecule has 30 heavy (non-hydrogen) atoms. The molecule has 7 heteroatoms. The molecule has 0 aliphatic heterocycles. The molecule has 158 valence electrons. The fourth-order valence-corrected chi connectivity index (χ4v) is 4.49. The number of benzene rings is 2. The smallest absolute Gasteiger partial charge is 0.255 e. The number of carbonyl (C=O) groups excluding carboxylic acids is 1. The summed E-state index contributed by atoms with van der Waals surface area (Å²) in [6.07, 6.45) is 2.11. The van der Waals surface area contributed by atoms with Crippen molar-refractivity contribution in [2.45, 2.75) is 51.4 Å². The first-order valence-electron chi connectivity index (χ1n) is 9.91. The molecule has 0 atom stereocenters. The lowest BCUT2D eigenvalue weighted by atomic mass is 9.78. The summed E-state index contributed by atoms with van der Waals surface area (Å²) in [4.78, 5) is 15.6. The molecular weight excluding hydrogens is 396 g/mol. The van der Waals surface area contributed by atoms with Crippen molar-refractivity contribution in [3.63, 3.8) is 0 Å². The summed E-state index contributed by atoms with van der Waals surface area (Å²) in [5.41, 5.74) is 3.96. The van der Waals surface area contributed by atoms with Crippen molar-refractivity contribution in [1.29, 1.82) is 0 Å². The van der Waals surface area contributed by atoms with E-state index < -0.39 is 17.6 Å². The number of carbonyl (C=O) groups is 1. The largest absolute Gasteiger partial charge is 0.359 e. The van der Waals surface area contributed by atoms with Gasteiger partial charge in [0.2, 0.25) is 5.92 Å². The summed E-state index contributed by atoms with van der Waals surface area (Å²) >= 11 is 0. The van der Waals surface area contributed by atoms with Crippen LogP contribution in [0.5, 0.6) is 0 Å².